The molecule has 0 amide bonds. The molecule has 0 aromatic heterocycles. The molecule has 0 heterocycles. The minimum Gasteiger partial charge on any atom is -0.207 e. The number of sulfonamides is 1. The molecule has 0 unspecified atom stereocenters. The van der Waals surface area contributed by atoms with Gasteiger partial charge < -0.3 is 0 Å². The van der Waals surface area contributed by atoms with Crippen LogP contribution in [-0.4, -0.2) is 15.0 Å². The highest BCUT2D eigenvalue weighted by molar-refractivity contribution is 9.11. The topological polar surface area (TPSA) is 46.2 Å². The highest BCUT2D eigenvalue weighted by Gasteiger charge is 2.21. The quantitative estimate of drug-likeness (QED) is 0.797. The van der Waals surface area contributed by atoms with E-state index in [0.29, 0.717) is 8.96 Å². The minimum atomic E-state index is -3.76. The van der Waals surface area contributed by atoms with Crippen molar-refractivity contribution in [2.45, 2.75) is 4.90 Å². The van der Waals surface area contributed by atoms with Gasteiger partial charge in [-0.05, 0) is 12.1 Å². The van der Waals surface area contributed by atoms with E-state index in [-0.39, 0.29) is 21.5 Å². The van der Waals surface area contributed by atoms with Gasteiger partial charge in [0.25, 0.3) is 0 Å². The summed E-state index contributed by atoms with van der Waals surface area (Å²) in [6, 6.07) is 2.93. The largest absolute Gasteiger partial charge is 0.243 e. The minimum absolute atomic E-state index is 0.0528. The molecule has 1 aromatic rings. The summed E-state index contributed by atoms with van der Waals surface area (Å²) in [5.41, 5.74) is 0. The molecule has 0 saturated heterocycles. The van der Waals surface area contributed by atoms with Gasteiger partial charge in [-0.2, -0.15) is 0 Å². The van der Waals surface area contributed by atoms with E-state index in [4.69, 9.17) is 23.2 Å². The fourth-order valence-corrected chi connectivity index (χ4v) is 4.31. The molecule has 1 aromatic carbocycles. The molecule has 0 saturated carbocycles. The van der Waals surface area contributed by atoms with Crippen molar-refractivity contribution in [1.29, 1.82) is 0 Å². The third-order valence-electron chi connectivity index (χ3n) is 1.69. The summed E-state index contributed by atoms with van der Waals surface area (Å²) in [6.07, 6.45) is 0. The molecule has 0 aliphatic rings. The zero-order chi connectivity index (χ0) is 13.2. The van der Waals surface area contributed by atoms with Gasteiger partial charge in [0, 0.05) is 15.5 Å². The Labute approximate surface area is 126 Å². The fourth-order valence-electron chi connectivity index (χ4n) is 1.03. The van der Waals surface area contributed by atoms with Gasteiger partial charge in [0.05, 0.1) is 10.0 Å². The standard InChI is InChI=1S/C9H7Br2Cl2NO2S/c1-5(10)4-14-17(15,16)9-7(12)2-6(11)3-8(9)13/h2-3,14H,1,4H2. The molecule has 0 aliphatic carbocycles. The van der Waals surface area contributed by atoms with Gasteiger partial charge in [0.2, 0.25) is 10.0 Å². The Morgan fingerprint density at radius 3 is 2.24 bits per heavy atom. The fraction of sp³-hybridized carbons (Fsp3) is 0.111. The van der Waals surface area contributed by atoms with Crippen LogP contribution in [0.4, 0.5) is 0 Å². The van der Waals surface area contributed by atoms with Crippen molar-refractivity contribution in [3.8, 4) is 0 Å². The lowest BCUT2D eigenvalue weighted by Gasteiger charge is -2.10. The van der Waals surface area contributed by atoms with Gasteiger partial charge in [-0.25, -0.2) is 13.1 Å². The molecule has 94 valence electrons. The van der Waals surface area contributed by atoms with Gasteiger partial charge in [0.1, 0.15) is 4.90 Å². The average molecular weight is 424 g/mol. The first-order chi connectivity index (χ1) is 7.74. The smallest absolute Gasteiger partial charge is 0.207 e. The van der Waals surface area contributed by atoms with E-state index in [9.17, 15) is 8.42 Å². The first kappa shape index (κ1) is 15.5. The molecule has 1 N–H and O–H groups in total. The third-order valence-corrected chi connectivity index (χ3v) is 4.75. The molecule has 0 fully saturated rings. The molecule has 0 aliphatic heterocycles. The Morgan fingerprint density at radius 1 is 1.35 bits per heavy atom. The Hall–Kier alpha value is 0.410. The number of hydrogen-bond acceptors (Lipinski definition) is 2. The third kappa shape index (κ3) is 4.22. The molecule has 0 atom stereocenters. The summed E-state index contributed by atoms with van der Waals surface area (Å²) in [4.78, 5) is -0.141. The van der Waals surface area contributed by atoms with Crippen LogP contribution >= 0.6 is 55.1 Å². The predicted molar refractivity (Wildman–Crippen MR) is 77.4 cm³/mol. The van der Waals surface area contributed by atoms with E-state index in [2.05, 4.69) is 43.2 Å². The van der Waals surface area contributed by atoms with Crippen molar-refractivity contribution in [3.63, 3.8) is 0 Å². The van der Waals surface area contributed by atoms with E-state index in [1.165, 1.54) is 12.1 Å². The zero-order valence-corrected chi connectivity index (χ0v) is 13.8. The van der Waals surface area contributed by atoms with Crippen molar-refractivity contribution >= 4 is 65.1 Å². The lowest BCUT2D eigenvalue weighted by atomic mass is 10.4. The molecule has 3 nitrogen and oxygen atoms in total. The molecule has 17 heavy (non-hydrogen) atoms. The Morgan fingerprint density at radius 2 is 1.82 bits per heavy atom. The summed E-state index contributed by atoms with van der Waals surface area (Å²) < 4.78 is 27.3. The van der Waals surface area contributed by atoms with Crippen LogP contribution in [0.15, 0.2) is 32.6 Å². The highest BCUT2D eigenvalue weighted by atomic mass is 79.9. The Kier molecular flexibility index (Phi) is 5.49. The van der Waals surface area contributed by atoms with Gasteiger partial charge in [-0.1, -0.05) is 61.6 Å². The van der Waals surface area contributed by atoms with E-state index in [1.807, 2.05) is 0 Å². The van der Waals surface area contributed by atoms with Crippen molar-refractivity contribution in [2.75, 3.05) is 6.54 Å². The second-order valence-corrected chi connectivity index (χ2v) is 7.60. The maximum atomic E-state index is 11.9. The normalized spacial score (nSPS) is 11.5. The highest BCUT2D eigenvalue weighted by Crippen LogP contribution is 2.32. The molecule has 0 radical (unpaired) electrons. The monoisotopic (exact) mass is 421 g/mol. The van der Waals surface area contributed by atoms with Crippen LogP contribution in [0, 0.1) is 0 Å². The lowest BCUT2D eigenvalue weighted by Crippen LogP contribution is -2.25. The van der Waals surface area contributed by atoms with Gasteiger partial charge in [0.15, 0.2) is 0 Å². The van der Waals surface area contributed by atoms with Crippen LogP contribution in [0.3, 0.4) is 0 Å². The molecule has 1 rings (SSSR count). The zero-order valence-electron chi connectivity index (χ0n) is 8.31. The first-order valence-electron chi connectivity index (χ1n) is 4.21. The molecular weight excluding hydrogens is 417 g/mol. The number of hydrogen-bond donors (Lipinski definition) is 1. The predicted octanol–water partition coefficient (Wildman–Crippen LogP) is 3.94. The van der Waals surface area contributed by atoms with E-state index < -0.39 is 10.0 Å². The maximum Gasteiger partial charge on any atom is 0.243 e. The van der Waals surface area contributed by atoms with Crippen LogP contribution in [0.25, 0.3) is 0 Å². The van der Waals surface area contributed by atoms with Crippen LogP contribution in [0.5, 0.6) is 0 Å². The first-order valence-corrected chi connectivity index (χ1v) is 8.04. The number of benzene rings is 1. The van der Waals surface area contributed by atoms with E-state index in [1.54, 1.807) is 0 Å². The van der Waals surface area contributed by atoms with Crippen molar-refractivity contribution < 1.29 is 8.42 Å². The summed E-state index contributed by atoms with van der Waals surface area (Å²) >= 11 is 18.0. The van der Waals surface area contributed by atoms with Crippen molar-refractivity contribution in [1.82, 2.24) is 4.72 Å². The molecule has 8 heteroatoms. The summed E-state index contributed by atoms with van der Waals surface area (Å²) in [6.45, 7) is 3.59. The van der Waals surface area contributed by atoms with Gasteiger partial charge >= 0.3 is 0 Å². The average Bonchev–Trinajstić information content (AvgIpc) is 2.12. The van der Waals surface area contributed by atoms with Crippen LogP contribution in [0.2, 0.25) is 10.0 Å². The van der Waals surface area contributed by atoms with Gasteiger partial charge in [-0.15, -0.1) is 0 Å². The van der Waals surface area contributed by atoms with Crippen molar-refractivity contribution in [3.05, 3.63) is 37.7 Å². The summed E-state index contributed by atoms with van der Waals surface area (Å²) in [5, 5.41) is 0.106. The summed E-state index contributed by atoms with van der Waals surface area (Å²) in [5.74, 6) is 0. The van der Waals surface area contributed by atoms with Crippen LogP contribution in [0.1, 0.15) is 0 Å². The number of halogens is 4. The van der Waals surface area contributed by atoms with E-state index in [0.717, 1.165) is 0 Å². The Bertz CT molecular complexity index is 537. The van der Waals surface area contributed by atoms with Crippen molar-refractivity contribution in [2.24, 2.45) is 0 Å². The van der Waals surface area contributed by atoms with Crippen LogP contribution in [-0.2, 0) is 10.0 Å². The summed E-state index contributed by atoms with van der Waals surface area (Å²) in [7, 11) is -3.76. The SMILES string of the molecule is C=C(Br)CNS(=O)(=O)c1c(Cl)cc(Br)cc1Cl. The maximum absolute atomic E-state index is 11.9. The second kappa shape index (κ2) is 6.04. The number of nitrogens with one attached hydrogen (secondary N) is 1. The van der Waals surface area contributed by atoms with E-state index >= 15 is 0 Å². The lowest BCUT2D eigenvalue weighted by molar-refractivity contribution is 0.585. The van der Waals surface area contributed by atoms with Gasteiger partial charge in [-0.3, -0.25) is 0 Å². The molecule has 0 bridgehead atoms. The second-order valence-electron chi connectivity index (χ2n) is 3.04. The number of rotatable bonds is 4. The van der Waals surface area contributed by atoms with Crippen LogP contribution < -0.4 is 4.72 Å². The Balaban J connectivity index is 3.20. The molecular formula is C9H7Br2Cl2NO2S. The molecule has 0 spiro atoms.